The van der Waals surface area contributed by atoms with Crippen LogP contribution in [0.5, 0.6) is 0 Å². The lowest BCUT2D eigenvalue weighted by Gasteiger charge is -2.37. The first-order valence-corrected chi connectivity index (χ1v) is 10.9. The predicted octanol–water partition coefficient (Wildman–Crippen LogP) is 6.05. The number of urea groups is 1. The number of imide groups is 1. The summed E-state index contributed by atoms with van der Waals surface area (Å²) in [5.41, 5.74) is 1.29. The molecular weight excluding hydrogens is 503 g/mol. The molecule has 0 aliphatic carbocycles. The lowest BCUT2D eigenvalue weighted by molar-refractivity contribution is -0.121. The fourth-order valence-electron chi connectivity index (χ4n) is 3.53. The highest BCUT2D eigenvalue weighted by molar-refractivity contribution is 9.10. The van der Waals surface area contributed by atoms with Gasteiger partial charge < -0.3 is 5.32 Å². The molecule has 1 aliphatic rings. The van der Waals surface area contributed by atoms with Crippen LogP contribution in [-0.2, 0) is 4.79 Å². The average molecular weight is 518 g/mol. The van der Waals surface area contributed by atoms with Gasteiger partial charge in [-0.15, -0.1) is 0 Å². The first-order valence-electron chi connectivity index (χ1n) is 9.30. The monoisotopic (exact) mass is 516 g/mol. The molecule has 0 radical (unpaired) electrons. The van der Waals surface area contributed by atoms with Crippen molar-refractivity contribution in [1.29, 1.82) is 0 Å². The van der Waals surface area contributed by atoms with Crippen molar-refractivity contribution in [2.45, 2.75) is 6.04 Å². The SMILES string of the molecule is O=C(c1ccc(Cl)cc1)[C@@H]1C(=O)N(c2ccc(Cl)cc2)C(=O)N[C@H]1c1cccc(Br)c1. The van der Waals surface area contributed by atoms with E-state index in [1.807, 2.05) is 6.07 Å². The Morgan fingerprint density at radius 3 is 2.13 bits per heavy atom. The number of hydrogen-bond donors (Lipinski definition) is 1. The minimum atomic E-state index is -1.16. The minimum Gasteiger partial charge on any atom is -0.329 e. The molecule has 3 aromatic carbocycles. The zero-order valence-electron chi connectivity index (χ0n) is 15.9. The van der Waals surface area contributed by atoms with Crippen molar-refractivity contribution in [3.05, 3.63) is 98.4 Å². The Kier molecular flexibility index (Phi) is 6.14. The Labute approximate surface area is 197 Å². The maximum absolute atomic E-state index is 13.5. The number of rotatable bonds is 4. The summed E-state index contributed by atoms with van der Waals surface area (Å²) < 4.78 is 0.768. The number of nitrogens with one attached hydrogen (secondary N) is 1. The molecule has 0 bridgehead atoms. The minimum absolute atomic E-state index is 0.327. The standard InChI is InChI=1S/C23H15BrCl2N2O3/c24-15-3-1-2-14(12-15)20-19(21(29)13-4-6-16(25)7-5-13)22(30)28(23(31)27-20)18-10-8-17(26)9-11-18/h1-12,19-20H,(H,27,31)/t19-,20+/m1/s1. The number of nitrogens with zero attached hydrogens (tertiary/aromatic N) is 1. The highest BCUT2D eigenvalue weighted by Gasteiger charge is 2.46. The van der Waals surface area contributed by atoms with Crippen molar-refractivity contribution in [1.82, 2.24) is 5.32 Å². The van der Waals surface area contributed by atoms with Crippen LogP contribution in [0.2, 0.25) is 10.0 Å². The molecule has 0 spiro atoms. The van der Waals surface area contributed by atoms with Gasteiger partial charge in [-0.25, -0.2) is 9.69 Å². The number of anilines is 1. The van der Waals surface area contributed by atoms with Crippen LogP contribution in [-0.4, -0.2) is 17.7 Å². The van der Waals surface area contributed by atoms with Crippen LogP contribution >= 0.6 is 39.1 Å². The summed E-state index contributed by atoms with van der Waals surface area (Å²) >= 11 is 15.3. The Balaban J connectivity index is 1.79. The fourth-order valence-corrected chi connectivity index (χ4v) is 4.20. The van der Waals surface area contributed by atoms with Gasteiger partial charge in [-0.3, -0.25) is 9.59 Å². The van der Waals surface area contributed by atoms with Crippen LogP contribution in [0.3, 0.4) is 0 Å². The number of Topliss-reactive ketones (excluding diaryl/α,β-unsaturated/α-hetero) is 1. The Morgan fingerprint density at radius 2 is 1.52 bits per heavy atom. The number of ketones is 1. The second kappa shape index (κ2) is 8.83. The van der Waals surface area contributed by atoms with E-state index in [2.05, 4.69) is 21.2 Å². The van der Waals surface area contributed by atoms with Crippen LogP contribution in [0.1, 0.15) is 22.0 Å². The van der Waals surface area contributed by atoms with Crippen LogP contribution in [0.4, 0.5) is 10.5 Å². The highest BCUT2D eigenvalue weighted by Crippen LogP contribution is 2.34. The van der Waals surface area contributed by atoms with Gasteiger partial charge in [-0.1, -0.05) is 51.3 Å². The third kappa shape index (κ3) is 4.37. The van der Waals surface area contributed by atoms with Gasteiger partial charge in [0.2, 0.25) is 5.91 Å². The first-order chi connectivity index (χ1) is 14.8. The molecule has 4 rings (SSSR count). The molecule has 1 N–H and O–H groups in total. The Bertz CT molecular complexity index is 1170. The van der Waals surface area contributed by atoms with Gasteiger partial charge in [0.1, 0.15) is 5.92 Å². The van der Waals surface area contributed by atoms with Crippen molar-refractivity contribution < 1.29 is 14.4 Å². The molecule has 0 unspecified atom stereocenters. The smallest absolute Gasteiger partial charge is 0.329 e. The molecule has 1 heterocycles. The van der Waals surface area contributed by atoms with E-state index in [1.165, 1.54) is 0 Å². The van der Waals surface area contributed by atoms with Gasteiger partial charge in [0.05, 0.1) is 11.7 Å². The molecule has 8 heteroatoms. The first kappa shape index (κ1) is 21.6. The molecule has 3 aromatic rings. The average Bonchev–Trinajstić information content (AvgIpc) is 2.75. The summed E-state index contributed by atoms with van der Waals surface area (Å²) in [6.45, 7) is 0. The van der Waals surface area contributed by atoms with E-state index in [0.717, 1.165) is 9.37 Å². The third-order valence-electron chi connectivity index (χ3n) is 5.01. The van der Waals surface area contributed by atoms with Gasteiger partial charge in [0, 0.05) is 20.1 Å². The van der Waals surface area contributed by atoms with Crippen molar-refractivity contribution in [3.63, 3.8) is 0 Å². The number of amides is 3. The Hall–Kier alpha value is -2.67. The highest BCUT2D eigenvalue weighted by atomic mass is 79.9. The summed E-state index contributed by atoms with van der Waals surface area (Å²) in [6, 6.07) is 18.3. The maximum atomic E-state index is 13.5. The van der Waals surface area contributed by atoms with E-state index >= 15 is 0 Å². The number of halogens is 3. The Morgan fingerprint density at radius 1 is 0.903 bits per heavy atom. The zero-order chi connectivity index (χ0) is 22.1. The molecule has 3 amide bonds. The molecule has 1 aliphatic heterocycles. The molecule has 0 saturated carbocycles. The van der Waals surface area contributed by atoms with E-state index in [-0.39, 0.29) is 0 Å². The normalized spacial score (nSPS) is 18.6. The van der Waals surface area contributed by atoms with E-state index in [4.69, 9.17) is 23.2 Å². The van der Waals surface area contributed by atoms with Gasteiger partial charge >= 0.3 is 6.03 Å². The summed E-state index contributed by atoms with van der Waals surface area (Å²) in [5, 5.41) is 3.78. The lowest BCUT2D eigenvalue weighted by atomic mass is 9.84. The van der Waals surface area contributed by atoms with Crippen molar-refractivity contribution in [2.75, 3.05) is 4.90 Å². The molecule has 0 aromatic heterocycles. The van der Waals surface area contributed by atoms with Crippen LogP contribution in [0.25, 0.3) is 0 Å². The number of benzene rings is 3. The number of hydrogen-bond acceptors (Lipinski definition) is 3. The zero-order valence-corrected chi connectivity index (χ0v) is 19.0. The maximum Gasteiger partial charge on any atom is 0.329 e. The fraction of sp³-hybridized carbons (Fsp3) is 0.0870. The van der Waals surface area contributed by atoms with Gasteiger partial charge in [-0.2, -0.15) is 0 Å². The molecular formula is C23H15BrCl2N2O3. The number of carbonyl (C=O) groups is 3. The quantitative estimate of drug-likeness (QED) is 0.338. The second-order valence-electron chi connectivity index (χ2n) is 6.98. The van der Waals surface area contributed by atoms with E-state index in [1.54, 1.807) is 66.7 Å². The van der Waals surface area contributed by atoms with Crippen molar-refractivity contribution in [3.8, 4) is 0 Å². The lowest BCUT2D eigenvalue weighted by Crippen LogP contribution is -2.58. The van der Waals surface area contributed by atoms with Crippen LogP contribution in [0.15, 0.2) is 77.3 Å². The van der Waals surface area contributed by atoms with Gasteiger partial charge in [0.15, 0.2) is 5.78 Å². The summed E-state index contributed by atoms with van der Waals surface area (Å²) in [6.07, 6.45) is 0. The second-order valence-corrected chi connectivity index (χ2v) is 8.77. The van der Waals surface area contributed by atoms with Crippen molar-refractivity contribution in [2.24, 2.45) is 5.92 Å². The summed E-state index contributed by atoms with van der Waals surface area (Å²) in [4.78, 5) is 40.9. The predicted molar refractivity (Wildman–Crippen MR) is 124 cm³/mol. The molecule has 5 nitrogen and oxygen atoms in total. The molecule has 1 saturated heterocycles. The van der Waals surface area contributed by atoms with E-state index in [0.29, 0.717) is 26.9 Å². The summed E-state index contributed by atoms with van der Waals surface area (Å²) in [7, 11) is 0. The van der Waals surface area contributed by atoms with Gasteiger partial charge in [-0.05, 0) is 66.2 Å². The number of carbonyl (C=O) groups excluding carboxylic acids is 3. The topological polar surface area (TPSA) is 66.5 Å². The third-order valence-corrected chi connectivity index (χ3v) is 6.00. The molecule has 31 heavy (non-hydrogen) atoms. The molecule has 2 atom stereocenters. The summed E-state index contributed by atoms with van der Waals surface area (Å²) in [5.74, 6) is -2.19. The van der Waals surface area contributed by atoms with Crippen molar-refractivity contribution >= 4 is 62.5 Å². The van der Waals surface area contributed by atoms with Crippen LogP contribution in [0, 0.1) is 5.92 Å². The largest absolute Gasteiger partial charge is 0.329 e. The van der Waals surface area contributed by atoms with E-state index in [9.17, 15) is 14.4 Å². The van der Waals surface area contributed by atoms with Gasteiger partial charge in [0.25, 0.3) is 0 Å². The molecule has 156 valence electrons. The molecule has 1 fully saturated rings. The van der Waals surface area contributed by atoms with E-state index < -0.39 is 29.7 Å². The van der Waals surface area contributed by atoms with Crippen LogP contribution < -0.4 is 10.2 Å².